The van der Waals surface area contributed by atoms with Crippen LogP contribution in [0, 0.1) is 5.92 Å². The minimum absolute atomic E-state index is 0.134. The van der Waals surface area contributed by atoms with Crippen LogP contribution < -0.4 is 5.73 Å². The van der Waals surface area contributed by atoms with Crippen LogP contribution in [0.3, 0.4) is 0 Å². The number of nitrogens with two attached hydrogens (primary N) is 1. The third-order valence-corrected chi connectivity index (χ3v) is 3.81. The lowest BCUT2D eigenvalue weighted by atomic mass is 10.1. The molecule has 1 aliphatic carbocycles. The number of carbonyl (C=O) groups excluding carboxylic acids is 2. The number of carbonyl (C=O) groups is 2. The number of hydrogen-bond donors (Lipinski definition) is 1. The van der Waals surface area contributed by atoms with Crippen molar-refractivity contribution in [2.45, 2.75) is 45.7 Å². The molecule has 0 saturated heterocycles. The molecule has 1 saturated carbocycles. The monoisotopic (exact) mass is 318 g/mol. The normalized spacial score (nSPS) is 14.0. The first-order valence-corrected chi connectivity index (χ1v) is 8.23. The van der Waals surface area contributed by atoms with Gasteiger partial charge in [0.25, 0.3) is 0 Å². The van der Waals surface area contributed by atoms with E-state index in [0.717, 1.165) is 18.4 Å². The Bertz CT molecular complexity index is 536. The quantitative estimate of drug-likeness (QED) is 0.710. The lowest BCUT2D eigenvalue weighted by Gasteiger charge is -2.23. The molecule has 0 aliphatic heterocycles. The minimum atomic E-state index is -0.436. The predicted molar refractivity (Wildman–Crippen MR) is 88.8 cm³/mol. The maximum absolute atomic E-state index is 12.4. The summed E-state index contributed by atoms with van der Waals surface area (Å²) >= 11 is 0. The van der Waals surface area contributed by atoms with Gasteiger partial charge in [0.2, 0.25) is 11.8 Å². The first-order chi connectivity index (χ1) is 11.0. The molecule has 1 aliphatic rings. The van der Waals surface area contributed by atoms with Crippen LogP contribution in [-0.2, 0) is 16.1 Å². The van der Waals surface area contributed by atoms with Gasteiger partial charge < -0.3 is 15.4 Å². The Balaban J connectivity index is 1.88. The second-order valence-electron chi connectivity index (χ2n) is 6.53. The molecule has 23 heavy (non-hydrogen) atoms. The lowest BCUT2D eigenvalue weighted by Crippen LogP contribution is -2.33. The van der Waals surface area contributed by atoms with Crippen molar-refractivity contribution in [2.75, 3.05) is 13.2 Å². The molecule has 1 fully saturated rings. The topological polar surface area (TPSA) is 72.6 Å². The van der Waals surface area contributed by atoms with Gasteiger partial charge in [-0.25, -0.2) is 0 Å². The van der Waals surface area contributed by atoms with Crippen LogP contribution in [0.1, 0.15) is 49.0 Å². The van der Waals surface area contributed by atoms with Crippen LogP contribution in [0.2, 0.25) is 0 Å². The van der Waals surface area contributed by atoms with Crippen molar-refractivity contribution in [1.82, 2.24) is 4.90 Å². The molecule has 0 spiro atoms. The molecule has 0 heterocycles. The summed E-state index contributed by atoms with van der Waals surface area (Å²) in [4.78, 5) is 25.4. The zero-order valence-corrected chi connectivity index (χ0v) is 14.0. The van der Waals surface area contributed by atoms with Crippen molar-refractivity contribution in [2.24, 2.45) is 11.7 Å². The second kappa shape index (κ2) is 8.11. The highest BCUT2D eigenvalue weighted by molar-refractivity contribution is 5.92. The standard InChI is InChI=1S/C18H26N2O3/c1-13(2)12-23-10-9-17(21)20(16-7-8-16)11-14-3-5-15(6-4-14)18(19)22/h3-6,13,16H,7-12H2,1-2H3,(H2,19,22). The fourth-order valence-corrected chi connectivity index (χ4v) is 2.40. The van der Waals surface area contributed by atoms with Gasteiger partial charge in [-0.1, -0.05) is 26.0 Å². The van der Waals surface area contributed by atoms with E-state index in [1.807, 2.05) is 17.0 Å². The summed E-state index contributed by atoms with van der Waals surface area (Å²) in [7, 11) is 0. The van der Waals surface area contributed by atoms with Crippen LogP contribution in [0.4, 0.5) is 0 Å². The SMILES string of the molecule is CC(C)COCCC(=O)N(Cc1ccc(C(N)=O)cc1)C1CC1. The van der Waals surface area contributed by atoms with E-state index < -0.39 is 5.91 Å². The molecule has 2 rings (SSSR count). The fraction of sp³-hybridized carbons (Fsp3) is 0.556. The van der Waals surface area contributed by atoms with E-state index in [9.17, 15) is 9.59 Å². The van der Waals surface area contributed by atoms with E-state index in [1.54, 1.807) is 12.1 Å². The number of nitrogens with zero attached hydrogens (tertiary/aromatic N) is 1. The van der Waals surface area contributed by atoms with Crippen molar-refractivity contribution in [1.29, 1.82) is 0 Å². The summed E-state index contributed by atoms with van der Waals surface area (Å²) in [5.41, 5.74) is 6.74. The molecular weight excluding hydrogens is 292 g/mol. The van der Waals surface area contributed by atoms with Crippen LogP contribution in [0.5, 0.6) is 0 Å². The van der Waals surface area contributed by atoms with E-state index in [-0.39, 0.29) is 5.91 Å². The van der Waals surface area contributed by atoms with Crippen LogP contribution >= 0.6 is 0 Å². The van der Waals surface area contributed by atoms with Crippen molar-refractivity contribution >= 4 is 11.8 Å². The van der Waals surface area contributed by atoms with E-state index in [1.165, 1.54) is 0 Å². The third kappa shape index (κ3) is 5.67. The number of primary amides is 1. The molecule has 1 aromatic carbocycles. The molecule has 126 valence electrons. The number of ether oxygens (including phenoxy) is 1. The average Bonchev–Trinajstić information content (AvgIpc) is 3.34. The summed E-state index contributed by atoms with van der Waals surface area (Å²) in [5.74, 6) is 0.178. The number of hydrogen-bond acceptors (Lipinski definition) is 3. The Labute approximate surface area is 137 Å². The van der Waals surface area contributed by atoms with Gasteiger partial charge in [0.15, 0.2) is 0 Å². The summed E-state index contributed by atoms with van der Waals surface area (Å²) in [6.07, 6.45) is 2.55. The van der Waals surface area contributed by atoms with Crippen molar-refractivity contribution < 1.29 is 14.3 Å². The summed E-state index contributed by atoms with van der Waals surface area (Å²) in [6.45, 7) is 5.92. The number of rotatable bonds is 9. The molecular formula is C18H26N2O3. The van der Waals surface area contributed by atoms with Crippen molar-refractivity contribution in [3.05, 3.63) is 35.4 Å². The van der Waals surface area contributed by atoms with Gasteiger partial charge >= 0.3 is 0 Å². The molecule has 2 amide bonds. The number of benzene rings is 1. The van der Waals surface area contributed by atoms with Gasteiger partial charge in [-0.05, 0) is 36.5 Å². The van der Waals surface area contributed by atoms with Gasteiger partial charge in [-0.15, -0.1) is 0 Å². The maximum Gasteiger partial charge on any atom is 0.248 e. The Kier molecular flexibility index (Phi) is 6.16. The first kappa shape index (κ1) is 17.5. The first-order valence-electron chi connectivity index (χ1n) is 8.23. The van der Waals surface area contributed by atoms with E-state index >= 15 is 0 Å². The maximum atomic E-state index is 12.4. The molecule has 0 bridgehead atoms. The Morgan fingerprint density at radius 1 is 1.26 bits per heavy atom. The molecule has 5 nitrogen and oxygen atoms in total. The van der Waals surface area contributed by atoms with Crippen LogP contribution in [0.15, 0.2) is 24.3 Å². The van der Waals surface area contributed by atoms with Crippen LogP contribution in [0.25, 0.3) is 0 Å². The van der Waals surface area contributed by atoms with Crippen molar-refractivity contribution in [3.8, 4) is 0 Å². The van der Waals surface area contributed by atoms with Gasteiger partial charge in [-0.2, -0.15) is 0 Å². The molecule has 0 aromatic heterocycles. The largest absolute Gasteiger partial charge is 0.381 e. The Morgan fingerprint density at radius 2 is 1.91 bits per heavy atom. The van der Waals surface area contributed by atoms with Crippen molar-refractivity contribution in [3.63, 3.8) is 0 Å². The van der Waals surface area contributed by atoms with E-state index in [4.69, 9.17) is 10.5 Å². The number of amides is 2. The summed E-state index contributed by atoms with van der Waals surface area (Å²) < 4.78 is 5.51. The molecule has 5 heteroatoms. The summed E-state index contributed by atoms with van der Waals surface area (Å²) in [6, 6.07) is 7.48. The third-order valence-electron chi connectivity index (χ3n) is 3.81. The van der Waals surface area contributed by atoms with Gasteiger partial charge in [0.05, 0.1) is 13.0 Å². The Morgan fingerprint density at radius 3 is 2.43 bits per heavy atom. The highest BCUT2D eigenvalue weighted by atomic mass is 16.5. The zero-order chi connectivity index (χ0) is 16.8. The fourth-order valence-electron chi connectivity index (χ4n) is 2.40. The van der Waals surface area contributed by atoms with Crippen LogP contribution in [-0.4, -0.2) is 36.0 Å². The van der Waals surface area contributed by atoms with Gasteiger partial charge in [0.1, 0.15) is 0 Å². The molecule has 0 atom stereocenters. The molecule has 1 aromatic rings. The highest BCUT2D eigenvalue weighted by Gasteiger charge is 2.32. The Hall–Kier alpha value is -1.88. The minimum Gasteiger partial charge on any atom is -0.381 e. The zero-order valence-electron chi connectivity index (χ0n) is 14.0. The van der Waals surface area contributed by atoms with E-state index in [0.29, 0.717) is 43.7 Å². The van der Waals surface area contributed by atoms with Gasteiger partial charge in [0, 0.05) is 24.8 Å². The average molecular weight is 318 g/mol. The molecule has 0 unspecified atom stereocenters. The predicted octanol–water partition coefficient (Wildman–Crippen LogP) is 2.34. The smallest absolute Gasteiger partial charge is 0.248 e. The van der Waals surface area contributed by atoms with Gasteiger partial charge in [-0.3, -0.25) is 9.59 Å². The lowest BCUT2D eigenvalue weighted by molar-refractivity contribution is -0.133. The molecule has 2 N–H and O–H groups in total. The molecule has 0 radical (unpaired) electrons. The second-order valence-corrected chi connectivity index (χ2v) is 6.53. The highest BCUT2D eigenvalue weighted by Crippen LogP contribution is 2.29. The van der Waals surface area contributed by atoms with E-state index in [2.05, 4.69) is 13.8 Å². The summed E-state index contributed by atoms with van der Waals surface area (Å²) in [5, 5.41) is 0.